The SMILES string of the molecule is Cc1cccc(C(F)(F)C2(N)CCCCC2)c1. The van der Waals surface area contributed by atoms with E-state index in [4.69, 9.17) is 5.73 Å². The zero-order valence-electron chi connectivity index (χ0n) is 10.2. The van der Waals surface area contributed by atoms with E-state index >= 15 is 0 Å². The van der Waals surface area contributed by atoms with Gasteiger partial charge in [0.1, 0.15) is 0 Å². The summed E-state index contributed by atoms with van der Waals surface area (Å²) >= 11 is 0. The summed E-state index contributed by atoms with van der Waals surface area (Å²) in [4.78, 5) is 0. The van der Waals surface area contributed by atoms with Crippen molar-refractivity contribution in [2.24, 2.45) is 5.73 Å². The number of aryl methyl sites for hydroxylation is 1. The van der Waals surface area contributed by atoms with Crippen LogP contribution in [0.1, 0.15) is 43.2 Å². The molecule has 94 valence electrons. The van der Waals surface area contributed by atoms with Gasteiger partial charge in [-0.15, -0.1) is 0 Å². The van der Waals surface area contributed by atoms with Gasteiger partial charge in [-0.2, -0.15) is 8.78 Å². The molecule has 0 amide bonds. The second-order valence-corrected chi connectivity index (χ2v) is 5.16. The molecule has 1 aliphatic carbocycles. The van der Waals surface area contributed by atoms with Gasteiger partial charge in [-0.3, -0.25) is 0 Å². The summed E-state index contributed by atoms with van der Waals surface area (Å²) in [5.74, 6) is -2.93. The Morgan fingerprint density at radius 1 is 1.18 bits per heavy atom. The van der Waals surface area contributed by atoms with Crippen LogP contribution >= 0.6 is 0 Å². The molecule has 0 spiro atoms. The minimum Gasteiger partial charge on any atom is -0.320 e. The minimum atomic E-state index is -2.93. The highest BCUT2D eigenvalue weighted by molar-refractivity contribution is 5.29. The summed E-state index contributed by atoms with van der Waals surface area (Å²) in [6.07, 6.45) is 3.44. The number of benzene rings is 1. The molecule has 3 heteroatoms. The molecule has 17 heavy (non-hydrogen) atoms. The molecule has 1 saturated carbocycles. The average molecular weight is 239 g/mol. The molecular weight excluding hydrogens is 220 g/mol. The highest BCUT2D eigenvalue weighted by atomic mass is 19.3. The molecule has 1 aliphatic rings. The van der Waals surface area contributed by atoms with Gasteiger partial charge < -0.3 is 5.73 Å². The molecule has 0 atom stereocenters. The van der Waals surface area contributed by atoms with Gasteiger partial charge in [0.2, 0.25) is 0 Å². The Bertz CT molecular complexity index is 395. The summed E-state index contributed by atoms with van der Waals surface area (Å²) in [7, 11) is 0. The molecule has 1 fully saturated rings. The van der Waals surface area contributed by atoms with Crippen LogP contribution in [0.5, 0.6) is 0 Å². The molecule has 1 aromatic rings. The maximum Gasteiger partial charge on any atom is 0.290 e. The van der Waals surface area contributed by atoms with Crippen molar-refractivity contribution in [2.75, 3.05) is 0 Å². The lowest BCUT2D eigenvalue weighted by atomic mass is 9.75. The molecule has 2 N–H and O–H groups in total. The lowest BCUT2D eigenvalue weighted by Gasteiger charge is -2.40. The van der Waals surface area contributed by atoms with Gasteiger partial charge in [0.15, 0.2) is 0 Å². The van der Waals surface area contributed by atoms with Crippen molar-refractivity contribution in [3.8, 4) is 0 Å². The van der Waals surface area contributed by atoms with Crippen molar-refractivity contribution in [3.05, 3.63) is 35.4 Å². The van der Waals surface area contributed by atoms with Gasteiger partial charge in [-0.1, -0.05) is 49.1 Å². The van der Waals surface area contributed by atoms with Crippen molar-refractivity contribution < 1.29 is 8.78 Å². The van der Waals surface area contributed by atoms with Crippen LogP contribution in [0.25, 0.3) is 0 Å². The van der Waals surface area contributed by atoms with Crippen LogP contribution in [0.15, 0.2) is 24.3 Å². The zero-order valence-corrected chi connectivity index (χ0v) is 10.2. The van der Waals surface area contributed by atoms with E-state index in [1.54, 1.807) is 12.1 Å². The maximum absolute atomic E-state index is 14.5. The molecule has 0 saturated heterocycles. The van der Waals surface area contributed by atoms with E-state index in [1.807, 2.05) is 13.0 Å². The van der Waals surface area contributed by atoms with Crippen molar-refractivity contribution in [1.29, 1.82) is 0 Å². The standard InChI is InChI=1S/C14H19F2N/c1-11-6-5-7-12(10-11)14(15,16)13(17)8-3-2-4-9-13/h5-7,10H,2-4,8-9,17H2,1H3. The Morgan fingerprint density at radius 2 is 1.82 bits per heavy atom. The Kier molecular flexibility index (Phi) is 3.21. The lowest BCUT2D eigenvalue weighted by Crippen LogP contribution is -2.54. The number of rotatable bonds is 2. The minimum absolute atomic E-state index is 0.0573. The Balaban J connectivity index is 2.34. The lowest BCUT2D eigenvalue weighted by molar-refractivity contribution is -0.0955. The van der Waals surface area contributed by atoms with E-state index in [2.05, 4.69) is 0 Å². The van der Waals surface area contributed by atoms with Crippen LogP contribution in [0.2, 0.25) is 0 Å². The Labute approximate surface area is 101 Å². The highest BCUT2D eigenvalue weighted by Gasteiger charge is 2.52. The first-order valence-electron chi connectivity index (χ1n) is 6.20. The number of nitrogens with two attached hydrogens (primary N) is 1. The molecule has 0 unspecified atom stereocenters. The first-order valence-corrected chi connectivity index (χ1v) is 6.20. The normalized spacial score (nSPS) is 20.2. The van der Waals surface area contributed by atoms with Gasteiger partial charge in [0, 0.05) is 5.56 Å². The van der Waals surface area contributed by atoms with Gasteiger partial charge in [-0.25, -0.2) is 0 Å². The van der Waals surface area contributed by atoms with Crippen LogP contribution < -0.4 is 5.73 Å². The fraction of sp³-hybridized carbons (Fsp3) is 0.571. The van der Waals surface area contributed by atoms with Crippen molar-refractivity contribution in [2.45, 2.75) is 50.5 Å². The third-order valence-corrected chi connectivity index (χ3v) is 3.75. The van der Waals surface area contributed by atoms with E-state index in [9.17, 15) is 8.78 Å². The number of alkyl halides is 2. The third-order valence-electron chi connectivity index (χ3n) is 3.75. The molecular formula is C14H19F2N. The van der Waals surface area contributed by atoms with Crippen molar-refractivity contribution >= 4 is 0 Å². The second-order valence-electron chi connectivity index (χ2n) is 5.16. The third kappa shape index (κ3) is 2.21. The van der Waals surface area contributed by atoms with Crippen molar-refractivity contribution in [1.82, 2.24) is 0 Å². The predicted octanol–water partition coefficient (Wildman–Crippen LogP) is 3.75. The molecule has 0 bridgehead atoms. The first kappa shape index (κ1) is 12.5. The summed E-state index contributed by atoms with van der Waals surface area (Å²) in [5, 5.41) is 0. The summed E-state index contributed by atoms with van der Waals surface area (Å²) in [6.45, 7) is 1.82. The summed E-state index contributed by atoms with van der Waals surface area (Å²) in [6, 6.07) is 6.52. The van der Waals surface area contributed by atoms with Crippen molar-refractivity contribution in [3.63, 3.8) is 0 Å². The molecule has 0 heterocycles. The number of hydrogen-bond acceptors (Lipinski definition) is 1. The smallest absolute Gasteiger partial charge is 0.290 e. The maximum atomic E-state index is 14.5. The van der Waals surface area contributed by atoms with Gasteiger partial charge in [-0.05, 0) is 19.8 Å². The predicted molar refractivity (Wildman–Crippen MR) is 65.1 cm³/mol. The van der Waals surface area contributed by atoms with Crippen LogP contribution in [-0.2, 0) is 5.92 Å². The van der Waals surface area contributed by atoms with E-state index in [0.717, 1.165) is 24.8 Å². The molecule has 0 aliphatic heterocycles. The van der Waals surface area contributed by atoms with Crippen LogP contribution in [0.4, 0.5) is 8.78 Å². The topological polar surface area (TPSA) is 26.0 Å². The molecule has 0 radical (unpaired) electrons. The summed E-state index contributed by atoms with van der Waals surface area (Å²) in [5.41, 5.74) is 5.51. The Hall–Kier alpha value is -0.960. The van der Waals surface area contributed by atoms with Crippen LogP contribution in [0.3, 0.4) is 0 Å². The molecule has 2 rings (SSSR count). The van der Waals surface area contributed by atoms with Gasteiger partial charge in [0.05, 0.1) is 5.54 Å². The zero-order chi connectivity index (χ0) is 12.5. The summed E-state index contributed by atoms with van der Waals surface area (Å²) < 4.78 is 29.0. The molecule has 1 nitrogen and oxygen atoms in total. The quantitative estimate of drug-likeness (QED) is 0.835. The average Bonchev–Trinajstić information content (AvgIpc) is 2.30. The monoisotopic (exact) mass is 239 g/mol. The fourth-order valence-electron chi connectivity index (χ4n) is 2.62. The van der Waals surface area contributed by atoms with E-state index in [0.29, 0.717) is 12.8 Å². The van der Waals surface area contributed by atoms with Gasteiger partial charge in [0.25, 0.3) is 5.92 Å². The van der Waals surface area contributed by atoms with Gasteiger partial charge >= 0.3 is 0 Å². The van der Waals surface area contributed by atoms with E-state index in [1.165, 1.54) is 6.07 Å². The van der Waals surface area contributed by atoms with E-state index < -0.39 is 11.5 Å². The number of hydrogen-bond donors (Lipinski definition) is 1. The van der Waals surface area contributed by atoms with Crippen LogP contribution in [0, 0.1) is 6.92 Å². The molecule has 0 aromatic heterocycles. The van der Waals surface area contributed by atoms with Crippen LogP contribution in [-0.4, -0.2) is 5.54 Å². The largest absolute Gasteiger partial charge is 0.320 e. The molecule has 1 aromatic carbocycles. The number of halogens is 2. The first-order chi connectivity index (χ1) is 7.96. The Morgan fingerprint density at radius 3 is 2.41 bits per heavy atom. The highest BCUT2D eigenvalue weighted by Crippen LogP contribution is 2.45. The fourth-order valence-corrected chi connectivity index (χ4v) is 2.62. The van der Waals surface area contributed by atoms with E-state index in [-0.39, 0.29) is 5.56 Å². The second kappa shape index (κ2) is 4.37.